The van der Waals surface area contributed by atoms with E-state index in [0.29, 0.717) is 10.0 Å². The van der Waals surface area contributed by atoms with Gasteiger partial charge >= 0.3 is 0 Å². The van der Waals surface area contributed by atoms with Crippen LogP contribution < -0.4 is 5.32 Å². The molecule has 0 spiro atoms. The number of rotatable bonds is 3. The monoisotopic (exact) mass is 273 g/mol. The van der Waals surface area contributed by atoms with Crippen LogP contribution in [0.15, 0.2) is 18.2 Å². The van der Waals surface area contributed by atoms with Gasteiger partial charge in [0.05, 0.1) is 6.61 Å². The van der Waals surface area contributed by atoms with Crippen LogP contribution in [-0.2, 0) is 11.3 Å². The fourth-order valence-electron chi connectivity index (χ4n) is 2.10. The largest absolute Gasteiger partial charge is 0.380 e. The van der Waals surface area contributed by atoms with E-state index in [0.717, 1.165) is 38.2 Å². The zero-order chi connectivity index (χ0) is 12.3. The van der Waals surface area contributed by atoms with Gasteiger partial charge in [0.25, 0.3) is 0 Å². The van der Waals surface area contributed by atoms with Gasteiger partial charge < -0.3 is 10.1 Å². The van der Waals surface area contributed by atoms with Crippen molar-refractivity contribution in [2.75, 3.05) is 13.2 Å². The Morgan fingerprint density at radius 2 is 2.00 bits per heavy atom. The van der Waals surface area contributed by atoms with Crippen LogP contribution in [0.25, 0.3) is 0 Å². The Morgan fingerprint density at radius 3 is 2.59 bits per heavy atom. The fourth-order valence-corrected chi connectivity index (χ4v) is 2.67. The smallest absolute Gasteiger partial charge is 0.0645 e. The van der Waals surface area contributed by atoms with Gasteiger partial charge in [-0.1, -0.05) is 23.2 Å². The van der Waals surface area contributed by atoms with Gasteiger partial charge in [-0.15, -0.1) is 0 Å². The molecule has 1 aromatic carbocycles. The fraction of sp³-hybridized carbons (Fsp3) is 0.538. The van der Waals surface area contributed by atoms with Crippen molar-refractivity contribution in [2.45, 2.75) is 31.8 Å². The first-order valence-electron chi connectivity index (χ1n) is 5.85. The van der Waals surface area contributed by atoms with Crippen LogP contribution in [-0.4, -0.2) is 18.8 Å². The summed E-state index contributed by atoms with van der Waals surface area (Å²) in [6.45, 7) is 4.60. The molecule has 0 amide bonds. The maximum absolute atomic E-state index is 5.97. The number of benzene rings is 1. The minimum atomic E-state index is 0.0625. The van der Waals surface area contributed by atoms with Crippen molar-refractivity contribution >= 4 is 23.2 Å². The maximum atomic E-state index is 5.97. The average Bonchev–Trinajstić information content (AvgIpc) is 2.26. The van der Waals surface area contributed by atoms with Crippen LogP contribution in [0.4, 0.5) is 0 Å². The van der Waals surface area contributed by atoms with E-state index in [9.17, 15) is 0 Å². The summed E-state index contributed by atoms with van der Waals surface area (Å²) in [7, 11) is 0. The molecule has 2 rings (SSSR count). The van der Waals surface area contributed by atoms with Crippen molar-refractivity contribution in [1.29, 1.82) is 0 Å². The normalized spacial score (nSPS) is 24.9. The van der Waals surface area contributed by atoms with Crippen LogP contribution >= 0.6 is 23.2 Å². The van der Waals surface area contributed by atoms with Gasteiger partial charge in [0.15, 0.2) is 0 Å². The maximum Gasteiger partial charge on any atom is 0.0645 e. The first-order valence-corrected chi connectivity index (χ1v) is 6.61. The Balaban J connectivity index is 1.96. The predicted molar refractivity (Wildman–Crippen MR) is 71.8 cm³/mol. The molecule has 0 bridgehead atoms. The third kappa shape index (κ3) is 3.85. The summed E-state index contributed by atoms with van der Waals surface area (Å²) in [6.07, 6.45) is 2.25. The lowest BCUT2D eigenvalue weighted by Gasteiger charge is -2.34. The lowest BCUT2D eigenvalue weighted by atomic mass is 9.94. The number of nitrogens with one attached hydrogen (secondary N) is 1. The second-order valence-corrected chi connectivity index (χ2v) is 5.72. The summed E-state index contributed by atoms with van der Waals surface area (Å²) in [5.41, 5.74) is 1.17. The second-order valence-electron chi connectivity index (χ2n) is 4.85. The van der Waals surface area contributed by atoms with Crippen LogP contribution in [0.2, 0.25) is 10.0 Å². The summed E-state index contributed by atoms with van der Waals surface area (Å²) >= 11 is 11.9. The first kappa shape index (κ1) is 13.2. The average molecular weight is 274 g/mol. The highest BCUT2D eigenvalue weighted by Crippen LogP contribution is 2.22. The number of halogens is 2. The Morgan fingerprint density at radius 1 is 1.29 bits per heavy atom. The molecule has 0 aromatic heterocycles. The molecule has 1 atom stereocenters. The van der Waals surface area contributed by atoms with Crippen molar-refractivity contribution < 1.29 is 4.74 Å². The number of hydrogen-bond acceptors (Lipinski definition) is 2. The summed E-state index contributed by atoms with van der Waals surface area (Å²) < 4.78 is 5.51. The van der Waals surface area contributed by atoms with E-state index >= 15 is 0 Å². The van der Waals surface area contributed by atoms with Crippen LogP contribution in [0.1, 0.15) is 25.3 Å². The minimum Gasteiger partial charge on any atom is -0.380 e. The van der Waals surface area contributed by atoms with E-state index in [1.807, 2.05) is 12.1 Å². The van der Waals surface area contributed by atoms with E-state index in [2.05, 4.69) is 12.2 Å². The molecule has 94 valence electrons. The van der Waals surface area contributed by atoms with Crippen molar-refractivity contribution in [2.24, 2.45) is 0 Å². The van der Waals surface area contributed by atoms with Crippen molar-refractivity contribution in [3.8, 4) is 0 Å². The molecule has 1 aliphatic rings. The van der Waals surface area contributed by atoms with Gasteiger partial charge in [0, 0.05) is 28.7 Å². The number of hydrogen-bond donors (Lipinski definition) is 1. The molecule has 1 unspecified atom stereocenters. The molecule has 1 aromatic rings. The minimum absolute atomic E-state index is 0.0625. The zero-order valence-electron chi connectivity index (χ0n) is 9.93. The molecular weight excluding hydrogens is 257 g/mol. The van der Waals surface area contributed by atoms with E-state index < -0.39 is 0 Å². The van der Waals surface area contributed by atoms with Gasteiger partial charge in [-0.25, -0.2) is 0 Å². The molecule has 0 saturated carbocycles. The van der Waals surface area contributed by atoms with E-state index in [4.69, 9.17) is 27.9 Å². The summed E-state index contributed by atoms with van der Waals surface area (Å²) in [4.78, 5) is 0. The molecule has 4 heteroatoms. The van der Waals surface area contributed by atoms with Gasteiger partial charge in [0.2, 0.25) is 0 Å². The molecule has 1 fully saturated rings. The van der Waals surface area contributed by atoms with E-state index in [1.165, 1.54) is 0 Å². The number of ether oxygens (including phenoxy) is 1. The Labute approximate surface area is 112 Å². The molecular formula is C13H17Cl2NO. The van der Waals surface area contributed by atoms with Gasteiger partial charge in [-0.3, -0.25) is 0 Å². The van der Waals surface area contributed by atoms with Crippen molar-refractivity contribution in [3.05, 3.63) is 33.8 Å². The molecule has 0 radical (unpaired) electrons. The highest BCUT2D eigenvalue weighted by atomic mass is 35.5. The topological polar surface area (TPSA) is 21.3 Å². The molecule has 2 nitrogen and oxygen atoms in total. The van der Waals surface area contributed by atoms with Crippen LogP contribution in [0.5, 0.6) is 0 Å². The molecule has 1 aliphatic heterocycles. The summed E-state index contributed by atoms with van der Waals surface area (Å²) in [6, 6.07) is 5.62. The highest BCUT2D eigenvalue weighted by molar-refractivity contribution is 6.34. The quantitative estimate of drug-likeness (QED) is 0.908. The van der Waals surface area contributed by atoms with Crippen molar-refractivity contribution in [1.82, 2.24) is 5.32 Å². The molecule has 1 saturated heterocycles. The standard InChI is InChI=1S/C13H17Cl2NO/c1-13(3-2-4-17-9-13)16-8-10-5-11(14)7-12(15)6-10/h5-7,16H,2-4,8-9H2,1H3. The Bertz CT molecular complexity index is 369. The third-order valence-electron chi connectivity index (χ3n) is 3.08. The zero-order valence-corrected chi connectivity index (χ0v) is 11.4. The Kier molecular flexibility index (Phi) is 4.31. The van der Waals surface area contributed by atoms with E-state index in [-0.39, 0.29) is 5.54 Å². The SMILES string of the molecule is CC1(NCc2cc(Cl)cc(Cl)c2)CCCOC1. The van der Waals surface area contributed by atoms with Gasteiger partial charge in [-0.05, 0) is 43.5 Å². The third-order valence-corrected chi connectivity index (χ3v) is 3.52. The summed E-state index contributed by atoms with van der Waals surface area (Å²) in [5, 5.41) is 4.89. The molecule has 0 aliphatic carbocycles. The molecule has 17 heavy (non-hydrogen) atoms. The lowest BCUT2D eigenvalue weighted by Crippen LogP contribution is -2.48. The predicted octanol–water partition coefficient (Wildman–Crippen LogP) is 3.65. The van der Waals surface area contributed by atoms with Gasteiger partial charge in [-0.2, -0.15) is 0 Å². The summed E-state index contributed by atoms with van der Waals surface area (Å²) in [5.74, 6) is 0. The van der Waals surface area contributed by atoms with E-state index in [1.54, 1.807) is 6.07 Å². The first-order chi connectivity index (χ1) is 8.07. The second kappa shape index (κ2) is 5.57. The highest BCUT2D eigenvalue weighted by Gasteiger charge is 2.26. The van der Waals surface area contributed by atoms with Gasteiger partial charge in [0.1, 0.15) is 0 Å². The van der Waals surface area contributed by atoms with Crippen molar-refractivity contribution in [3.63, 3.8) is 0 Å². The van der Waals surface area contributed by atoms with Crippen LogP contribution in [0.3, 0.4) is 0 Å². The Hall–Kier alpha value is -0.280. The lowest BCUT2D eigenvalue weighted by molar-refractivity contribution is 0.0278. The van der Waals surface area contributed by atoms with Crippen LogP contribution in [0, 0.1) is 0 Å². The molecule has 1 heterocycles. The molecule has 1 N–H and O–H groups in total.